The van der Waals surface area contributed by atoms with Crippen molar-refractivity contribution in [3.8, 4) is 11.1 Å². The van der Waals surface area contributed by atoms with Gasteiger partial charge in [0.2, 0.25) is 5.91 Å². The summed E-state index contributed by atoms with van der Waals surface area (Å²) in [6, 6.07) is 16.1. The van der Waals surface area contributed by atoms with Crippen LogP contribution in [0.4, 0.5) is 10.5 Å². The lowest BCUT2D eigenvalue weighted by atomic mass is 9.91. The number of ether oxygens (including phenoxy) is 1. The number of fused-ring (bicyclic) bond motifs is 3. The normalized spacial score (nSPS) is 12.5. The maximum Gasteiger partial charge on any atom is 0.408 e. The molecule has 1 aromatic heterocycles. The quantitative estimate of drug-likeness (QED) is 0.449. The molecule has 1 heterocycles. The largest absolute Gasteiger partial charge is 0.476 e. The van der Waals surface area contributed by atoms with E-state index in [1.807, 2.05) is 36.4 Å². The molecule has 0 unspecified atom stereocenters. The zero-order valence-corrected chi connectivity index (χ0v) is 19.9. The molecule has 0 saturated carbocycles. The third-order valence-electron chi connectivity index (χ3n) is 6.72. The highest BCUT2D eigenvalue weighted by Crippen LogP contribution is 2.44. The molecular weight excluding hydrogens is 448 g/mol. The maximum atomic E-state index is 13.2. The number of rotatable bonds is 8. The van der Waals surface area contributed by atoms with E-state index in [4.69, 9.17) is 4.74 Å². The summed E-state index contributed by atoms with van der Waals surface area (Å²) in [6.07, 6.45) is 1.12. The van der Waals surface area contributed by atoms with Gasteiger partial charge in [0, 0.05) is 13.0 Å². The van der Waals surface area contributed by atoms with Crippen LogP contribution < -0.4 is 10.6 Å². The Hall–Kier alpha value is -4.14. The standard InChI is InChI=1S/C26H28N4O5/c1-4-26(5-2,24(33)28-21-14-27-30(3)22(21)23(31)32)29-25(34)35-15-20-18-12-8-6-10-16(18)17-11-7-9-13-19(17)20/h6-14,20H,4-5,15H2,1-3H3,(H,28,33)(H,29,34)(H,31,32). The molecule has 0 spiro atoms. The lowest BCUT2D eigenvalue weighted by Gasteiger charge is -2.31. The fourth-order valence-corrected chi connectivity index (χ4v) is 4.66. The van der Waals surface area contributed by atoms with Gasteiger partial charge in [0.05, 0.1) is 11.9 Å². The number of carboxylic acid groups (broad SMARTS) is 1. The van der Waals surface area contributed by atoms with Crippen molar-refractivity contribution in [1.82, 2.24) is 15.1 Å². The molecule has 0 fully saturated rings. The van der Waals surface area contributed by atoms with E-state index >= 15 is 0 Å². The Morgan fingerprint density at radius 1 is 1.03 bits per heavy atom. The lowest BCUT2D eigenvalue weighted by Crippen LogP contribution is -2.56. The molecule has 182 valence electrons. The molecule has 4 rings (SSSR count). The minimum atomic E-state index is -1.28. The molecule has 0 saturated heterocycles. The molecule has 35 heavy (non-hydrogen) atoms. The summed E-state index contributed by atoms with van der Waals surface area (Å²) in [5.74, 6) is -1.86. The van der Waals surface area contributed by atoms with Gasteiger partial charge in [0.15, 0.2) is 5.69 Å². The fraction of sp³-hybridized carbons (Fsp3) is 0.308. The van der Waals surface area contributed by atoms with Gasteiger partial charge in [-0.05, 0) is 35.1 Å². The van der Waals surface area contributed by atoms with Gasteiger partial charge >= 0.3 is 12.1 Å². The number of nitrogens with one attached hydrogen (secondary N) is 2. The summed E-state index contributed by atoms with van der Waals surface area (Å²) >= 11 is 0. The Morgan fingerprint density at radius 3 is 2.14 bits per heavy atom. The van der Waals surface area contributed by atoms with Gasteiger partial charge in [0.25, 0.3) is 0 Å². The van der Waals surface area contributed by atoms with Crippen molar-refractivity contribution in [3.05, 3.63) is 71.5 Å². The first-order chi connectivity index (χ1) is 16.8. The number of hydrogen-bond acceptors (Lipinski definition) is 5. The summed E-state index contributed by atoms with van der Waals surface area (Å²) in [6.45, 7) is 3.67. The summed E-state index contributed by atoms with van der Waals surface area (Å²) in [4.78, 5) is 37.6. The molecule has 3 aromatic rings. The Labute approximate surface area is 203 Å². The summed E-state index contributed by atoms with van der Waals surface area (Å²) in [5, 5.41) is 18.7. The van der Waals surface area contributed by atoms with Gasteiger partial charge in [-0.3, -0.25) is 9.48 Å². The zero-order chi connectivity index (χ0) is 25.2. The van der Waals surface area contributed by atoms with Gasteiger partial charge < -0.3 is 20.5 Å². The van der Waals surface area contributed by atoms with Crippen LogP contribution in [0.25, 0.3) is 11.1 Å². The first-order valence-corrected chi connectivity index (χ1v) is 11.5. The number of aromatic carboxylic acids is 1. The van der Waals surface area contributed by atoms with E-state index in [1.54, 1.807) is 13.8 Å². The number of carboxylic acids is 1. The molecule has 0 bridgehead atoms. The minimum absolute atomic E-state index is 0.0608. The highest BCUT2D eigenvalue weighted by molar-refractivity contribution is 6.04. The number of aromatic nitrogens is 2. The Kier molecular flexibility index (Phi) is 6.59. The second-order valence-corrected chi connectivity index (χ2v) is 8.53. The van der Waals surface area contributed by atoms with Crippen molar-refractivity contribution in [1.29, 1.82) is 0 Å². The van der Waals surface area contributed by atoms with Crippen molar-refractivity contribution in [3.63, 3.8) is 0 Å². The van der Waals surface area contributed by atoms with Crippen molar-refractivity contribution >= 4 is 23.7 Å². The maximum absolute atomic E-state index is 13.2. The SMILES string of the molecule is CCC(CC)(NC(=O)OCC1c2ccccc2-c2ccccc21)C(=O)Nc1cnn(C)c1C(=O)O. The third kappa shape index (κ3) is 4.37. The Balaban J connectivity index is 1.48. The van der Waals surface area contributed by atoms with Crippen LogP contribution in [0, 0.1) is 0 Å². The molecule has 2 aromatic carbocycles. The first kappa shape index (κ1) is 24.0. The molecule has 9 heteroatoms. The fourth-order valence-electron chi connectivity index (χ4n) is 4.66. The zero-order valence-electron chi connectivity index (χ0n) is 19.9. The van der Waals surface area contributed by atoms with E-state index in [1.165, 1.54) is 13.2 Å². The number of benzene rings is 2. The number of anilines is 1. The number of alkyl carbamates (subject to hydrolysis) is 1. The monoisotopic (exact) mass is 476 g/mol. The van der Waals surface area contributed by atoms with Gasteiger partial charge in [0.1, 0.15) is 12.1 Å². The van der Waals surface area contributed by atoms with Crippen molar-refractivity contribution in [2.75, 3.05) is 11.9 Å². The average molecular weight is 477 g/mol. The van der Waals surface area contributed by atoms with Crippen LogP contribution in [0.1, 0.15) is 54.2 Å². The Bertz CT molecular complexity index is 1230. The van der Waals surface area contributed by atoms with Gasteiger partial charge in [-0.25, -0.2) is 9.59 Å². The molecule has 1 aliphatic rings. The van der Waals surface area contributed by atoms with Crippen LogP contribution in [0.3, 0.4) is 0 Å². The number of nitrogens with zero attached hydrogens (tertiary/aromatic N) is 2. The number of aryl methyl sites for hydroxylation is 1. The van der Waals surface area contributed by atoms with Gasteiger partial charge in [-0.2, -0.15) is 5.10 Å². The average Bonchev–Trinajstić information content (AvgIpc) is 3.38. The first-order valence-electron chi connectivity index (χ1n) is 11.5. The van der Waals surface area contributed by atoms with E-state index in [0.29, 0.717) is 0 Å². The van der Waals surface area contributed by atoms with E-state index in [2.05, 4.69) is 27.9 Å². The van der Waals surface area contributed by atoms with Crippen LogP contribution in [-0.2, 0) is 16.6 Å². The third-order valence-corrected chi connectivity index (χ3v) is 6.72. The second-order valence-electron chi connectivity index (χ2n) is 8.53. The smallest absolute Gasteiger partial charge is 0.408 e. The number of carbonyl (C=O) groups is 3. The molecule has 0 atom stereocenters. The highest BCUT2D eigenvalue weighted by Gasteiger charge is 2.38. The van der Waals surface area contributed by atoms with Crippen molar-refractivity contribution in [2.45, 2.75) is 38.1 Å². The second kappa shape index (κ2) is 9.61. The van der Waals surface area contributed by atoms with E-state index in [-0.39, 0.29) is 36.7 Å². The summed E-state index contributed by atoms with van der Waals surface area (Å²) in [7, 11) is 1.47. The molecule has 1 aliphatic carbocycles. The molecule has 9 nitrogen and oxygen atoms in total. The van der Waals surface area contributed by atoms with E-state index in [0.717, 1.165) is 26.9 Å². The lowest BCUT2D eigenvalue weighted by molar-refractivity contribution is -0.122. The van der Waals surface area contributed by atoms with Crippen LogP contribution in [0.2, 0.25) is 0 Å². The molecule has 3 N–H and O–H groups in total. The molecule has 0 radical (unpaired) electrons. The highest BCUT2D eigenvalue weighted by atomic mass is 16.5. The topological polar surface area (TPSA) is 123 Å². The summed E-state index contributed by atoms with van der Waals surface area (Å²) in [5.41, 5.74) is 3.06. The van der Waals surface area contributed by atoms with Crippen molar-refractivity contribution in [2.24, 2.45) is 7.05 Å². The minimum Gasteiger partial charge on any atom is -0.476 e. The number of amides is 2. The van der Waals surface area contributed by atoms with Crippen molar-refractivity contribution < 1.29 is 24.2 Å². The van der Waals surface area contributed by atoms with Crippen LogP contribution in [-0.4, -0.2) is 45.0 Å². The molecule has 2 amide bonds. The molecule has 0 aliphatic heterocycles. The van der Waals surface area contributed by atoms with Crippen LogP contribution in [0.15, 0.2) is 54.7 Å². The Morgan fingerprint density at radius 2 is 1.60 bits per heavy atom. The number of hydrogen-bond donors (Lipinski definition) is 3. The predicted molar refractivity (Wildman–Crippen MR) is 130 cm³/mol. The van der Waals surface area contributed by atoms with Gasteiger partial charge in [-0.1, -0.05) is 62.4 Å². The van der Waals surface area contributed by atoms with E-state index in [9.17, 15) is 19.5 Å². The van der Waals surface area contributed by atoms with Crippen LogP contribution >= 0.6 is 0 Å². The van der Waals surface area contributed by atoms with E-state index < -0.39 is 23.5 Å². The van der Waals surface area contributed by atoms with Gasteiger partial charge in [-0.15, -0.1) is 0 Å². The number of carbonyl (C=O) groups excluding carboxylic acids is 2. The predicted octanol–water partition coefficient (Wildman–Crippen LogP) is 4.15. The molecular formula is C26H28N4O5. The summed E-state index contributed by atoms with van der Waals surface area (Å²) < 4.78 is 6.79. The van der Waals surface area contributed by atoms with Crippen LogP contribution in [0.5, 0.6) is 0 Å².